The smallest absolute Gasteiger partial charge is 0.311 e. The largest absolute Gasteiger partial charge is 0.481 e. The monoisotopic (exact) mass is 312 g/mol. The Kier molecular flexibility index (Phi) is 4.61. The molecule has 2 rings (SSSR count). The number of thioether (sulfide) groups is 1. The highest BCUT2D eigenvalue weighted by molar-refractivity contribution is 7.99. The maximum absolute atomic E-state index is 12.1. The van der Waals surface area contributed by atoms with E-state index < -0.39 is 11.4 Å². The predicted molar refractivity (Wildman–Crippen MR) is 79.1 cm³/mol. The molecule has 1 atom stereocenters. The minimum Gasteiger partial charge on any atom is -0.481 e. The molecule has 1 amide bonds. The highest BCUT2D eigenvalue weighted by atomic mass is 32.2. The summed E-state index contributed by atoms with van der Waals surface area (Å²) in [5, 5.41) is 13.1. The van der Waals surface area contributed by atoms with Crippen LogP contribution < -0.4 is 0 Å². The van der Waals surface area contributed by atoms with Gasteiger partial charge in [-0.3, -0.25) is 9.59 Å². The highest BCUT2D eigenvalue weighted by Crippen LogP contribution is 2.30. The Morgan fingerprint density at radius 1 is 1.48 bits per heavy atom. The van der Waals surface area contributed by atoms with Crippen molar-refractivity contribution in [3.05, 3.63) is 17.0 Å². The van der Waals surface area contributed by atoms with Crippen molar-refractivity contribution in [2.24, 2.45) is 5.41 Å². The van der Waals surface area contributed by atoms with Crippen LogP contribution in [0.15, 0.2) is 4.52 Å². The number of amides is 1. The Labute approximate surface area is 127 Å². The Morgan fingerprint density at radius 3 is 2.71 bits per heavy atom. The molecule has 0 spiro atoms. The van der Waals surface area contributed by atoms with Crippen LogP contribution in [0.3, 0.4) is 0 Å². The van der Waals surface area contributed by atoms with Crippen molar-refractivity contribution in [2.45, 2.75) is 32.9 Å². The minimum atomic E-state index is -0.832. The van der Waals surface area contributed by atoms with E-state index >= 15 is 0 Å². The second kappa shape index (κ2) is 6.09. The number of carboxylic acid groups (broad SMARTS) is 1. The lowest BCUT2D eigenvalue weighted by Gasteiger charge is -2.20. The Balaban J connectivity index is 1.82. The zero-order valence-corrected chi connectivity index (χ0v) is 13.3. The number of rotatable bonds is 5. The molecule has 1 aliphatic heterocycles. The molecule has 21 heavy (non-hydrogen) atoms. The first-order valence-electron chi connectivity index (χ1n) is 6.84. The molecule has 1 fully saturated rings. The van der Waals surface area contributed by atoms with Crippen LogP contribution in [-0.2, 0) is 15.3 Å². The quantitative estimate of drug-likeness (QED) is 0.893. The first-order valence-corrected chi connectivity index (χ1v) is 7.99. The van der Waals surface area contributed by atoms with Gasteiger partial charge in [0.15, 0.2) is 0 Å². The molecule has 2 heterocycles. The molecule has 6 nitrogen and oxygen atoms in total. The lowest BCUT2D eigenvalue weighted by atomic mass is 9.90. The molecule has 0 aliphatic carbocycles. The van der Waals surface area contributed by atoms with Crippen molar-refractivity contribution in [1.29, 1.82) is 0 Å². The van der Waals surface area contributed by atoms with Gasteiger partial charge in [0, 0.05) is 24.4 Å². The van der Waals surface area contributed by atoms with E-state index in [0.717, 1.165) is 17.0 Å². The molecule has 0 bridgehead atoms. The van der Waals surface area contributed by atoms with Crippen molar-refractivity contribution in [3.8, 4) is 0 Å². The lowest BCUT2D eigenvalue weighted by molar-refractivity contribution is -0.147. The van der Waals surface area contributed by atoms with Crippen LogP contribution >= 0.6 is 11.8 Å². The number of likely N-dealkylation sites (tertiary alicyclic amines) is 1. The summed E-state index contributed by atoms with van der Waals surface area (Å²) in [6, 6.07) is 0. The third-order valence-electron chi connectivity index (χ3n) is 4.00. The second-order valence-corrected chi connectivity index (χ2v) is 6.71. The molecule has 0 saturated carbocycles. The summed E-state index contributed by atoms with van der Waals surface area (Å²) in [5.41, 5.74) is 1.08. The molecule has 7 heteroatoms. The lowest BCUT2D eigenvalue weighted by Crippen LogP contribution is -2.35. The number of aryl methyl sites for hydroxylation is 2. The normalized spacial score (nSPS) is 21.8. The molecule has 0 radical (unpaired) electrons. The molecule has 116 valence electrons. The molecular weight excluding hydrogens is 292 g/mol. The summed E-state index contributed by atoms with van der Waals surface area (Å²) < 4.78 is 5.08. The third-order valence-corrected chi connectivity index (χ3v) is 4.94. The Bertz CT molecular complexity index is 538. The number of carbonyl (C=O) groups is 2. The third kappa shape index (κ3) is 3.40. The predicted octanol–water partition coefficient (Wildman–Crippen LogP) is 1.85. The van der Waals surface area contributed by atoms with E-state index in [9.17, 15) is 14.7 Å². The van der Waals surface area contributed by atoms with Gasteiger partial charge in [0.2, 0.25) is 5.91 Å². The van der Waals surface area contributed by atoms with E-state index in [1.54, 1.807) is 11.8 Å². The van der Waals surface area contributed by atoms with Gasteiger partial charge in [0.25, 0.3) is 0 Å². The van der Waals surface area contributed by atoms with Gasteiger partial charge in [0.1, 0.15) is 5.76 Å². The first-order chi connectivity index (χ1) is 9.83. The second-order valence-electron chi connectivity index (χ2n) is 5.73. The average molecular weight is 312 g/mol. The molecule has 1 aromatic rings. The summed E-state index contributed by atoms with van der Waals surface area (Å²) in [7, 11) is 0. The van der Waals surface area contributed by atoms with Crippen molar-refractivity contribution in [2.75, 3.05) is 18.8 Å². The summed E-state index contributed by atoms with van der Waals surface area (Å²) in [5.74, 6) is 0.974. The van der Waals surface area contributed by atoms with Crippen LogP contribution in [0.2, 0.25) is 0 Å². The van der Waals surface area contributed by atoms with Crippen LogP contribution in [0, 0.1) is 19.3 Å². The molecule has 1 saturated heterocycles. The first kappa shape index (κ1) is 15.9. The van der Waals surface area contributed by atoms with Gasteiger partial charge in [-0.1, -0.05) is 5.16 Å². The van der Waals surface area contributed by atoms with Crippen LogP contribution in [0.25, 0.3) is 0 Å². The van der Waals surface area contributed by atoms with Crippen molar-refractivity contribution >= 4 is 23.6 Å². The number of aliphatic carboxylic acids is 1. The van der Waals surface area contributed by atoms with E-state index in [1.165, 1.54) is 11.8 Å². The number of nitrogens with zero attached hydrogens (tertiary/aromatic N) is 2. The number of hydrogen-bond donors (Lipinski definition) is 1. The Morgan fingerprint density at radius 2 is 2.19 bits per heavy atom. The maximum atomic E-state index is 12.1. The van der Waals surface area contributed by atoms with E-state index in [1.807, 2.05) is 13.8 Å². The molecular formula is C14H20N2O4S. The maximum Gasteiger partial charge on any atom is 0.311 e. The number of hydrogen-bond acceptors (Lipinski definition) is 5. The fourth-order valence-electron chi connectivity index (χ4n) is 2.39. The zero-order valence-electron chi connectivity index (χ0n) is 12.5. The van der Waals surface area contributed by atoms with E-state index in [4.69, 9.17) is 4.52 Å². The molecule has 0 aromatic carbocycles. The molecule has 1 N–H and O–H groups in total. The van der Waals surface area contributed by atoms with Gasteiger partial charge in [-0.2, -0.15) is 0 Å². The van der Waals surface area contributed by atoms with Gasteiger partial charge < -0.3 is 14.5 Å². The van der Waals surface area contributed by atoms with Gasteiger partial charge in [-0.15, -0.1) is 11.8 Å². The van der Waals surface area contributed by atoms with Crippen molar-refractivity contribution in [3.63, 3.8) is 0 Å². The zero-order chi connectivity index (χ0) is 15.6. The number of carbonyl (C=O) groups excluding carboxylic acids is 1. The molecule has 1 unspecified atom stereocenters. The minimum absolute atomic E-state index is 0.00302. The summed E-state index contributed by atoms with van der Waals surface area (Å²) in [4.78, 5) is 24.9. The van der Waals surface area contributed by atoms with Gasteiger partial charge in [-0.05, 0) is 27.2 Å². The van der Waals surface area contributed by atoms with E-state index in [-0.39, 0.29) is 5.91 Å². The Hall–Kier alpha value is -1.50. The standard InChI is InChI=1S/C14H20N2O4S/c1-9-11(10(2)20-15-9)6-21-7-12(17)16-5-4-14(3,8-16)13(18)19/h4-8H2,1-3H3,(H,18,19). The molecule has 1 aromatic heterocycles. The van der Waals surface area contributed by atoms with Crippen LogP contribution in [0.4, 0.5) is 0 Å². The molecule has 1 aliphatic rings. The summed E-state index contributed by atoms with van der Waals surface area (Å²) >= 11 is 1.50. The van der Waals surface area contributed by atoms with Gasteiger partial charge in [-0.25, -0.2) is 0 Å². The number of aromatic nitrogens is 1. The summed E-state index contributed by atoms with van der Waals surface area (Å²) in [6.07, 6.45) is 0.516. The van der Waals surface area contributed by atoms with E-state index in [2.05, 4.69) is 5.16 Å². The SMILES string of the molecule is Cc1noc(C)c1CSCC(=O)N1CCC(C)(C(=O)O)C1. The average Bonchev–Trinajstić information content (AvgIpc) is 2.97. The summed E-state index contributed by atoms with van der Waals surface area (Å²) in [6.45, 7) is 6.25. The fourth-order valence-corrected chi connectivity index (χ4v) is 3.46. The van der Waals surface area contributed by atoms with E-state index in [0.29, 0.717) is 31.0 Å². The topological polar surface area (TPSA) is 83.6 Å². The highest BCUT2D eigenvalue weighted by Gasteiger charge is 2.41. The van der Waals surface area contributed by atoms with Crippen LogP contribution in [-0.4, -0.2) is 45.9 Å². The van der Waals surface area contributed by atoms with Crippen LogP contribution in [0.5, 0.6) is 0 Å². The van der Waals surface area contributed by atoms with Crippen molar-refractivity contribution in [1.82, 2.24) is 10.1 Å². The van der Waals surface area contributed by atoms with Crippen molar-refractivity contribution < 1.29 is 19.2 Å². The fraction of sp³-hybridized carbons (Fsp3) is 0.643. The van der Waals surface area contributed by atoms with Crippen LogP contribution in [0.1, 0.15) is 30.4 Å². The van der Waals surface area contributed by atoms with Gasteiger partial charge in [0.05, 0.1) is 16.9 Å². The number of carboxylic acids is 1. The van der Waals surface area contributed by atoms with Gasteiger partial charge >= 0.3 is 5.97 Å².